The Balaban J connectivity index is 2.50. The summed E-state index contributed by atoms with van der Waals surface area (Å²) in [5.74, 6) is 0. The lowest BCUT2D eigenvalue weighted by atomic mass is 10.1. The fourth-order valence-corrected chi connectivity index (χ4v) is 2.19. The summed E-state index contributed by atoms with van der Waals surface area (Å²) < 4.78 is 2.04. The third-order valence-corrected chi connectivity index (χ3v) is 2.87. The van der Waals surface area contributed by atoms with Crippen molar-refractivity contribution in [3.63, 3.8) is 0 Å². The highest BCUT2D eigenvalue weighted by molar-refractivity contribution is 6.35. The zero-order valence-corrected chi connectivity index (χ0v) is 9.75. The van der Waals surface area contributed by atoms with Crippen LogP contribution in [0.25, 0.3) is 10.9 Å². The molecule has 0 amide bonds. The average molecular weight is 223 g/mol. The molecule has 2 nitrogen and oxygen atoms in total. The van der Waals surface area contributed by atoms with Gasteiger partial charge in [0.2, 0.25) is 0 Å². The first-order valence-corrected chi connectivity index (χ1v) is 5.45. The molecule has 0 fully saturated rings. The predicted octanol–water partition coefficient (Wildman–Crippen LogP) is 2.72. The van der Waals surface area contributed by atoms with Crippen LogP contribution in [0, 0.1) is 0 Å². The van der Waals surface area contributed by atoms with Gasteiger partial charge in [-0.15, -0.1) is 0 Å². The van der Waals surface area contributed by atoms with Crippen LogP contribution in [0.2, 0.25) is 5.02 Å². The first-order valence-electron chi connectivity index (χ1n) is 5.07. The lowest BCUT2D eigenvalue weighted by molar-refractivity contribution is 0.738. The highest BCUT2D eigenvalue weighted by Gasteiger charge is 2.06. The van der Waals surface area contributed by atoms with Gasteiger partial charge in [-0.25, -0.2) is 0 Å². The maximum Gasteiger partial charge on any atom is 0.0661 e. The zero-order chi connectivity index (χ0) is 11.0. The third-order valence-electron chi connectivity index (χ3n) is 2.56. The number of nitrogens with zero attached hydrogens (tertiary/aromatic N) is 1. The van der Waals surface area contributed by atoms with Gasteiger partial charge in [-0.2, -0.15) is 0 Å². The Morgan fingerprint density at radius 1 is 1.47 bits per heavy atom. The number of halogens is 1. The highest BCUT2D eigenvalue weighted by Crippen LogP contribution is 2.26. The number of benzene rings is 1. The van der Waals surface area contributed by atoms with Crippen molar-refractivity contribution in [1.29, 1.82) is 0 Å². The van der Waals surface area contributed by atoms with Gasteiger partial charge in [-0.1, -0.05) is 23.7 Å². The molecule has 3 heteroatoms. The smallest absolute Gasteiger partial charge is 0.0661 e. The van der Waals surface area contributed by atoms with Gasteiger partial charge in [0.1, 0.15) is 0 Å². The molecule has 0 saturated carbocycles. The number of hydrogen-bond acceptors (Lipinski definition) is 1. The third kappa shape index (κ3) is 2.01. The van der Waals surface area contributed by atoms with E-state index in [0.717, 1.165) is 22.3 Å². The molecule has 80 valence electrons. The van der Waals surface area contributed by atoms with E-state index < -0.39 is 0 Å². The molecule has 0 aliphatic carbocycles. The number of aryl methyl sites for hydroxylation is 1. The molecule has 1 atom stereocenters. The number of rotatable bonds is 2. The molecule has 0 radical (unpaired) electrons. The molecule has 1 aromatic heterocycles. The first-order chi connectivity index (χ1) is 7.08. The number of fused-ring (bicyclic) bond motifs is 1. The molecule has 2 N–H and O–H groups in total. The van der Waals surface area contributed by atoms with Crippen molar-refractivity contribution < 1.29 is 0 Å². The summed E-state index contributed by atoms with van der Waals surface area (Å²) >= 11 is 6.09. The second kappa shape index (κ2) is 3.87. The lowest BCUT2D eigenvalue weighted by Gasteiger charge is -2.05. The van der Waals surface area contributed by atoms with Crippen molar-refractivity contribution in [3.05, 3.63) is 35.0 Å². The SMILES string of the molecule is CC(N)Cc1ccc2c(Cl)cn(C)c2c1. The van der Waals surface area contributed by atoms with Crippen molar-refractivity contribution in [2.24, 2.45) is 12.8 Å². The fraction of sp³-hybridized carbons (Fsp3) is 0.333. The van der Waals surface area contributed by atoms with E-state index in [1.807, 2.05) is 24.7 Å². The summed E-state index contributed by atoms with van der Waals surface area (Å²) in [5, 5.41) is 1.91. The van der Waals surface area contributed by atoms with Crippen molar-refractivity contribution >= 4 is 22.5 Å². The standard InChI is InChI=1S/C12H15ClN2/c1-8(14)5-9-3-4-10-11(13)7-15(2)12(10)6-9/h3-4,6-8H,5,14H2,1-2H3. The monoisotopic (exact) mass is 222 g/mol. The lowest BCUT2D eigenvalue weighted by Crippen LogP contribution is -2.17. The molecule has 15 heavy (non-hydrogen) atoms. The number of hydrogen-bond donors (Lipinski definition) is 1. The van der Waals surface area contributed by atoms with E-state index in [4.69, 9.17) is 17.3 Å². The van der Waals surface area contributed by atoms with E-state index >= 15 is 0 Å². The van der Waals surface area contributed by atoms with Crippen LogP contribution in [0.5, 0.6) is 0 Å². The Bertz CT molecular complexity index is 486. The van der Waals surface area contributed by atoms with Gasteiger partial charge < -0.3 is 10.3 Å². The van der Waals surface area contributed by atoms with E-state index in [0.29, 0.717) is 0 Å². The van der Waals surface area contributed by atoms with Crippen LogP contribution in [0.1, 0.15) is 12.5 Å². The topological polar surface area (TPSA) is 30.9 Å². The molecule has 1 unspecified atom stereocenters. The zero-order valence-electron chi connectivity index (χ0n) is 9.00. The minimum atomic E-state index is 0.193. The van der Waals surface area contributed by atoms with Crippen LogP contribution in [-0.2, 0) is 13.5 Å². The largest absolute Gasteiger partial charge is 0.349 e. The molecular formula is C12H15ClN2. The van der Waals surface area contributed by atoms with Gasteiger partial charge >= 0.3 is 0 Å². The van der Waals surface area contributed by atoms with Crippen LogP contribution in [0.15, 0.2) is 24.4 Å². The summed E-state index contributed by atoms with van der Waals surface area (Å²) in [6, 6.07) is 6.51. The summed E-state index contributed by atoms with van der Waals surface area (Å²) in [6.07, 6.45) is 2.83. The number of nitrogens with two attached hydrogens (primary N) is 1. The fourth-order valence-electron chi connectivity index (χ4n) is 1.88. The molecule has 1 heterocycles. The van der Waals surface area contributed by atoms with Gasteiger partial charge in [0.15, 0.2) is 0 Å². The minimum absolute atomic E-state index is 0.193. The molecule has 0 saturated heterocycles. The Morgan fingerprint density at radius 3 is 2.87 bits per heavy atom. The van der Waals surface area contributed by atoms with E-state index in [1.54, 1.807) is 0 Å². The summed E-state index contributed by atoms with van der Waals surface area (Å²) in [4.78, 5) is 0. The minimum Gasteiger partial charge on any atom is -0.349 e. The average Bonchev–Trinajstić information content (AvgIpc) is 2.41. The van der Waals surface area contributed by atoms with Crippen LogP contribution in [-0.4, -0.2) is 10.6 Å². The van der Waals surface area contributed by atoms with E-state index in [9.17, 15) is 0 Å². The summed E-state index contributed by atoms with van der Waals surface area (Å²) in [6.45, 7) is 2.02. The molecule has 2 aromatic rings. The van der Waals surface area contributed by atoms with Gasteiger partial charge in [0, 0.05) is 30.2 Å². The maximum atomic E-state index is 6.09. The first kappa shape index (κ1) is 10.5. The number of aromatic nitrogens is 1. The van der Waals surface area contributed by atoms with Crippen LogP contribution >= 0.6 is 11.6 Å². The quantitative estimate of drug-likeness (QED) is 0.833. The second-order valence-corrected chi connectivity index (χ2v) is 4.53. The van der Waals surface area contributed by atoms with Crippen LogP contribution in [0.4, 0.5) is 0 Å². The Labute approximate surface area is 94.6 Å². The molecule has 0 spiro atoms. The van der Waals surface area contributed by atoms with Crippen molar-refractivity contribution in [3.8, 4) is 0 Å². The maximum absolute atomic E-state index is 6.09. The van der Waals surface area contributed by atoms with Gasteiger partial charge in [-0.3, -0.25) is 0 Å². The van der Waals surface area contributed by atoms with E-state index in [2.05, 4.69) is 18.2 Å². The molecule has 0 aliphatic rings. The van der Waals surface area contributed by atoms with Crippen molar-refractivity contribution in [1.82, 2.24) is 4.57 Å². The predicted molar refractivity (Wildman–Crippen MR) is 65.3 cm³/mol. The highest BCUT2D eigenvalue weighted by atomic mass is 35.5. The van der Waals surface area contributed by atoms with Gasteiger partial charge in [0.25, 0.3) is 0 Å². The summed E-state index contributed by atoms with van der Waals surface area (Å²) in [5.41, 5.74) is 8.20. The molecule has 1 aromatic carbocycles. The van der Waals surface area contributed by atoms with Crippen LogP contribution in [0.3, 0.4) is 0 Å². The Morgan fingerprint density at radius 2 is 2.20 bits per heavy atom. The van der Waals surface area contributed by atoms with Crippen LogP contribution < -0.4 is 5.73 Å². The van der Waals surface area contributed by atoms with Crippen molar-refractivity contribution in [2.45, 2.75) is 19.4 Å². The van der Waals surface area contributed by atoms with Crippen molar-refractivity contribution in [2.75, 3.05) is 0 Å². The van der Waals surface area contributed by atoms with E-state index in [1.165, 1.54) is 5.56 Å². The molecule has 2 rings (SSSR count). The Kier molecular flexibility index (Phi) is 2.72. The summed E-state index contributed by atoms with van der Waals surface area (Å²) in [7, 11) is 2.00. The molecule has 0 bridgehead atoms. The normalized spacial score (nSPS) is 13.3. The Hall–Kier alpha value is -0.990. The van der Waals surface area contributed by atoms with E-state index in [-0.39, 0.29) is 6.04 Å². The molecule has 0 aliphatic heterocycles. The van der Waals surface area contributed by atoms with Gasteiger partial charge in [0.05, 0.1) is 5.02 Å². The molecular weight excluding hydrogens is 208 g/mol. The van der Waals surface area contributed by atoms with Gasteiger partial charge in [-0.05, 0) is 25.0 Å². The second-order valence-electron chi connectivity index (χ2n) is 4.12.